The number of rotatable bonds is 4. The smallest absolute Gasteiger partial charge is 0.0598 e. The molecule has 0 bridgehead atoms. The highest BCUT2D eigenvalue weighted by Gasteiger charge is 2.19. The van der Waals surface area contributed by atoms with Gasteiger partial charge in [-0.05, 0) is 44.6 Å². The predicted molar refractivity (Wildman–Crippen MR) is 72.8 cm³/mol. The fourth-order valence-corrected chi connectivity index (χ4v) is 2.80. The third-order valence-electron chi connectivity index (χ3n) is 3.98. The average Bonchev–Trinajstić information content (AvgIpc) is 2.40. The topological polar surface area (TPSA) is 15.3 Å². The summed E-state index contributed by atoms with van der Waals surface area (Å²) in [5.74, 6) is 3.60. The minimum atomic E-state index is 0.718. The van der Waals surface area contributed by atoms with Crippen molar-refractivity contribution in [1.29, 1.82) is 0 Å². The number of nitrogens with zero attached hydrogens (tertiary/aromatic N) is 1. The second-order valence-corrected chi connectivity index (χ2v) is 5.31. The van der Waals surface area contributed by atoms with E-state index < -0.39 is 0 Å². The molecule has 1 saturated heterocycles. The quantitative estimate of drug-likeness (QED) is 0.589. The fraction of sp³-hybridized carbons (Fsp3) is 0.733. The van der Waals surface area contributed by atoms with Gasteiger partial charge in [-0.3, -0.25) is 4.90 Å². The molecule has 17 heavy (non-hydrogen) atoms. The van der Waals surface area contributed by atoms with Gasteiger partial charge in [0.15, 0.2) is 0 Å². The Bertz CT molecular complexity index is 282. The highest BCUT2D eigenvalue weighted by atomic mass is 15.1. The normalized spacial score (nSPS) is 26.9. The van der Waals surface area contributed by atoms with Crippen LogP contribution in [0.4, 0.5) is 0 Å². The van der Waals surface area contributed by atoms with Crippen molar-refractivity contribution in [2.45, 2.75) is 38.1 Å². The molecule has 1 aliphatic heterocycles. The second kappa shape index (κ2) is 6.83. The standard InChI is InChI=1S/C15H24N2/c1-2-10-17-11-8-15(9-12-17)16-13-14-6-4-3-5-7-14/h1,3-4,14-16H,5-13H2. The Morgan fingerprint density at radius 1 is 1.24 bits per heavy atom. The lowest BCUT2D eigenvalue weighted by molar-refractivity contribution is 0.213. The Morgan fingerprint density at radius 3 is 2.71 bits per heavy atom. The van der Waals surface area contributed by atoms with Gasteiger partial charge in [-0.1, -0.05) is 18.1 Å². The van der Waals surface area contributed by atoms with Gasteiger partial charge in [0.1, 0.15) is 0 Å². The molecule has 1 atom stereocenters. The molecule has 0 aromatic rings. The number of piperidine rings is 1. The van der Waals surface area contributed by atoms with Crippen molar-refractivity contribution >= 4 is 0 Å². The number of hydrogen-bond donors (Lipinski definition) is 1. The van der Waals surface area contributed by atoms with Crippen LogP contribution in [0, 0.1) is 18.3 Å². The number of nitrogens with one attached hydrogen (secondary N) is 1. The first kappa shape index (κ1) is 12.7. The Morgan fingerprint density at radius 2 is 2.06 bits per heavy atom. The van der Waals surface area contributed by atoms with E-state index in [2.05, 4.69) is 28.3 Å². The van der Waals surface area contributed by atoms with Gasteiger partial charge < -0.3 is 5.32 Å². The molecule has 1 fully saturated rings. The summed E-state index contributed by atoms with van der Waals surface area (Å²) in [6.07, 6.45) is 16.4. The lowest BCUT2D eigenvalue weighted by Crippen LogP contribution is -2.43. The fourth-order valence-electron chi connectivity index (χ4n) is 2.80. The monoisotopic (exact) mass is 232 g/mol. The van der Waals surface area contributed by atoms with Crippen LogP contribution in [0.2, 0.25) is 0 Å². The molecule has 94 valence electrons. The highest BCUT2D eigenvalue weighted by molar-refractivity contribution is 4.92. The van der Waals surface area contributed by atoms with Crippen molar-refractivity contribution in [2.24, 2.45) is 5.92 Å². The predicted octanol–water partition coefficient (Wildman–Crippen LogP) is 2.03. The average molecular weight is 232 g/mol. The summed E-state index contributed by atoms with van der Waals surface area (Å²) in [5, 5.41) is 3.74. The van der Waals surface area contributed by atoms with Gasteiger partial charge in [0.25, 0.3) is 0 Å². The number of terminal acetylenes is 1. The largest absolute Gasteiger partial charge is 0.314 e. The molecule has 1 N–H and O–H groups in total. The van der Waals surface area contributed by atoms with Crippen LogP contribution in [-0.4, -0.2) is 37.1 Å². The maximum atomic E-state index is 5.34. The van der Waals surface area contributed by atoms with Crippen LogP contribution in [0.15, 0.2) is 12.2 Å². The van der Waals surface area contributed by atoms with Crippen LogP contribution < -0.4 is 5.32 Å². The van der Waals surface area contributed by atoms with E-state index in [1.165, 1.54) is 38.6 Å². The zero-order valence-corrected chi connectivity index (χ0v) is 10.7. The maximum Gasteiger partial charge on any atom is 0.0598 e. The molecule has 2 rings (SSSR count). The van der Waals surface area contributed by atoms with Crippen molar-refractivity contribution in [3.8, 4) is 12.3 Å². The maximum absolute atomic E-state index is 5.34. The molecule has 1 heterocycles. The molecule has 0 aromatic heterocycles. The Balaban J connectivity index is 1.61. The van der Waals surface area contributed by atoms with E-state index in [0.29, 0.717) is 0 Å². The Kier molecular flexibility index (Phi) is 5.09. The summed E-state index contributed by atoms with van der Waals surface area (Å²) in [4.78, 5) is 2.38. The van der Waals surface area contributed by atoms with Crippen molar-refractivity contribution < 1.29 is 0 Å². The van der Waals surface area contributed by atoms with Crippen LogP contribution in [0.1, 0.15) is 32.1 Å². The minimum absolute atomic E-state index is 0.718. The van der Waals surface area contributed by atoms with E-state index in [1.54, 1.807) is 0 Å². The molecule has 0 saturated carbocycles. The summed E-state index contributed by atoms with van der Waals surface area (Å²) >= 11 is 0. The second-order valence-electron chi connectivity index (χ2n) is 5.31. The molecule has 0 aromatic carbocycles. The Hall–Kier alpha value is -0.780. The third-order valence-corrected chi connectivity index (χ3v) is 3.98. The van der Waals surface area contributed by atoms with Crippen LogP contribution in [0.5, 0.6) is 0 Å². The Labute approximate surface area is 105 Å². The van der Waals surface area contributed by atoms with Gasteiger partial charge in [-0.2, -0.15) is 0 Å². The van der Waals surface area contributed by atoms with Crippen molar-refractivity contribution in [3.05, 3.63) is 12.2 Å². The van der Waals surface area contributed by atoms with E-state index in [-0.39, 0.29) is 0 Å². The van der Waals surface area contributed by atoms with Crippen molar-refractivity contribution in [3.63, 3.8) is 0 Å². The first-order chi connectivity index (χ1) is 8.38. The molecule has 2 heteroatoms. The third kappa shape index (κ3) is 4.18. The van der Waals surface area contributed by atoms with Crippen LogP contribution >= 0.6 is 0 Å². The van der Waals surface area contributed by atoms with E-state index in [1.807, 2.05) is 0 Å². The molecule has 1 aliphatic carbocycles. The molecular weight excluding hydrogens is 208 g/mol. The number of allylic oxidation sites excluding steroid dienone is 2. The molecule has 0 spiro atoms. The summed E-state index contributed by atoms with van der Waals surface area (Å²) in [7, 11) is 0. The van der Waals surface area contributed by atoms with Gasteiger partial charge in [0.05, 0.1) is 6.54 Å². The summed E-state index contributed by atoms with van der Waals surface area (Å²) in [6.45, 7) is 4.34. The molecule has 0 radical (unpaired) electrons. The molecule has 2 aliphatic rings. The number of likely N-dealkylation sites (tertiary alicyclic amines) is 1. The van der Waals surface area contributed by atoms with E-state index >= 15 is 0 Å². The SMILES string of the molecule is C#CCN1CCC(NCC2CC=CCC2)CC1. The lowest BCUT2D eigenvalue weighted by atomic mass is 9.93. The van der Waals surface area contributed by atoms with Crippen LogP contribution in [0.3, 0.4) is 0 Å². The first-order valence-corrected chi connectivity index (χ1v) is 6.92. The molecule has 0 amide bonds. The highest BCUT2D eigenvalue weighted by Crippen LogP contribution is 2.18. The van der Waals surface area contributed by atoms with Crippen molar-refractivity contribution in [2.75, 3.05) is 26.2 Å². The van der Waals surface area contributed by atoms with Crippen LogP contribution in [-0.2, 0) is 0 Å². The summed E-state index contributed by atoms with van der Waals surface area (Å²) in [6, 6.07) is 0.718. The summed E-state index contributed by atoms with van der Waals surface area (Å²) in [5.41, 5.74) is 0. The number of hydrogen-bond acceptors (Lipinski definition) is 2. The van der Waals surface area contributed by atoms with Gasteiger partial charge in [0, 0.05) is 19.1 Å². The molecule has 1 unspecified atom stereocenters. The van der Waals surface area contributed by atoms with Gasteiger partial charge in [-0.25, -0.2) is 0 Å². The zero-order chi connectivity index (χ0) is 11.9. The molecule has 2 nitrogen and oxygen atoms in total. The van der Waals surface area contributed by atoms with E-state index in [9.17, 15) is 0 Å². The van der Waals surface area contributed by atoms with E-state index in [0.717, 1.165) is 31.6 Å². The van der Waals surface area contributed by atoms with Gasteiger partial charge in [-0.15, -0.1) is 6.42 Å². The van der Waals surface area contributed by atoms with Gasteiger partial charge >= 0.3 is 0 Å². The minimum Gasteiger partial charge on any atom is -0.314 e. The van der Waals surface area contributed by atoms with E-state index in [4.69, 9.17) is 6.42 Å². The first-order valence-electron chi connectivity index (χ1n) is 6.92. The van der Waals surface area contributed by atoms with Gasteiger partial charge in [0.2, 0.25) is 0 Å². The summed E-state index contributed by atoms with van der Waals surface area (Å²) < 4.78 is 0. The zero-order valence-electron chi connectivity index (χ0n) is 10.7. The lowest BCUT2D eigenvalue weighted by Gasteiger charge is -2.32. The van der Waals surface area contributed by atoms with Crippen molar-refractivity contribution in [1.82, 2.24) is 10.2 Å². The van der Waals surface area contributed by atoms with Crippen LogP contribution in [0.25, 0.3) is 0 Å². The molecular formula is C15H24N2.